The average Bonchev–Trinajstić information content (AvgIpc) is 3.50. The Balaban J connectivity index is 1.92. The lowest BCUT2D eigenvalue weighted by atomic mass is 10.1. The lowest BCUT2D eigenvalue weighted by Crippen LogP contribution is -2.39. The van der Waals surface area contributed by atoms with Crippen LogP contribution in [0, 0.1) is 5.92 Å². The number of halogens is 1. The van der Waals surface area contributed by atoms with Crippen molar-refractivity contribution in [3.05, 3.63) is 58.6 Å². The van der Waals surface area contributed by atoms with Crippen LogP contribution < -0.4 is 4.74 Å². The topological polar surface area (TPSA) is 63.7 Å². The second-order valence-corrected chi connectivity index (χ2v) is 9.67. The van der Waals surface area contributed by atoms with Gasteiger partial charge in [-0.25, -0.2) is 8.42 Å². The van der Waals surface area contributed by atoms with E-state index in [-0.39, 0.29) is 21.9 Å². The van der Waals surface area contributed by atoms with E-state index in [1.54, 1.807) is 13.2 Å². The number of rotatable bonds is 7. The molecular weight excluding hydrogens is 398 g/mol. The second-order valence-electron chi connectivity index (χ2n) is 7.28. The van der Waals surface area contributed by atoms with Gasteiger partial charge in [0.05, 0.1) is 17.0 Å². The molecule has 2 aromatic carbocycles. The fourth-order valence-electron chi connectivity index (χ4n) is 3.25. The summed E-state index contributed by atoms with van der Waals surface area (Å²) in [5.74, 6) is 1.04. The van der Waals surface area contributed by atoms with E-state index in [2.05, 4.69) is 0 Å². The lowest BCUT2D eigenvalue weighted by molar-refractivity contribution is 0.0654. The van der Waals surface area contributed by atoms with Crippen molar-refractivity contribution in [2.24, 2.45) is 5.92 Å². The summed E-state index contributed by atoms with van der Waals surface area (Å²) < 4.78 is 29.2. The summed E-state index contributed by atoms with van der Waals surface area (Å²) in [5.41, 5.74) is 1.31. The molecule has 0 radical (unpaired) electrons. The number of hydrogen-bond acceptors (Lipinski definition) is 4. The molecule has 1 saturated carbocycles. The van der Waals surface area contributed by atoms with Crippen LogP contribution in [0.25, 0.3) is 0 Å². The molecule has 1 aliphatic rings. The smallest absolute Gasteiger partial charge is 0.254 e. The van der Waals surface area contributed by atoms with Crippen LogP contribution in [0.1, 0.15) is 35.7 Å². The molecule has 0 spiro atoms. The van der Waals surface area contributed by atoms with Crippen molar-refractivity contribution in [3.63, 3.8) is 0 Å². The highest BCUT2D eigenvalue weighted by Crippen LogP contribution is 2.36. The number of amides is 1. The van der Waals surface area contributed by atoms with Gasteiger partial charge >= 0.3 is 0 Å². The third kappa shape index (κ3) is 4.67. The zero-order chi connectivity index (χ0) is 20.5. The van der Waals surface area contributed by atoms with Gasteiger partial charge in [-0.1, -0.05) is 23.7 Å². The van der Waals surface area contributed by atoms with Crippen molar-refractivity contribution < 1.29 is 17.9 Å². The molecule has 5 nitrogen and oxygen atoms in total. The van der Waals surface area contributed by atoms with Crippen LogP contribution in [0.4, 0.5) is 0 Å². The molecule has 0 N–H and O–H groups in total. The zero-order valence-corrected chi connectivity index (χ0v) is 17.8. The SMILES string of the molecule is COc1ccc(CN(C(=O)c2ccc(Cl)c(S(C)(=O)=O)c2)C(C)C2CC2)cc1. The number of hydrogen-bond donors (Lipinski definition) is 0. The minimum atomic E-state index is -3.52. The van der Waals surface area contributed by atoms with Crippen molar-refractivity contribution >= 4 is 27.3 Å². The van der Waals surface area contributed by atoms with E-state index in [9.17, 15) is 13.2 Å². The van der Waals surface area contributed by atoms with Crippen molar-refractivity contribution in [3.8, 4) is 5.75 Å². The molecule has 7 heteroatoms. The summed E-state index contributed by atoms with van der Waals surface area (Å²) >= 11 is 6.03. The van der Waals surface area contributed by atoms with Crippen LogP contribution in [-0.2, 0) is 16.4 Å². The highest BCUT2D eigenvalue weighted by Gasteiger charge is 2.35. The van der Waals surface area contributed by atoms with Crippen LogP contribution >= 0.6 is 11.6 Å². The van der Waals surface area contributed by atoms with E-state index in [0.717, 1.165) is 30.4 Å². The Morgan fingerprint density at radius 1 is 1.21 bits per heavy atom. The van der Waals surface area contributed by atoms with Gasteiger partial charge in [-0.05, 0) is 61.6 Å². The third-order valence-corrected chi connectivity index (χ3v) is 6.72. The number of carbonyl (C=O) groups is 1. The normalized spacial score (nSPS) is 15.1. The summed E-state index contributed by atoms with van der Waals surface area (Å²) in [5, 5.41) is 0.121. The number of benzene rings is 2. The van der Waals surface area contributed by atoms with E-state index in [1.807, 2.05) is 36.1 Å². The lowest BCUT2D eigenvalue weighted by Gasteiger charge is -2.30. The standard InChI is InChI=1S/C21H24ClNO4S/c1-14(16-6-7-16)23(13-15-4-9-18(27-2)10-5-15)21(24)17-8-11-19(22)20(12-17)28(3,25)26/h4-5,8-12,14,16H,6-7,13H2,1-3H3. The Morgan fingerprint density at radius 3 is 2.39 bits per heavy atom. The maximum Gasteiger partial charge on any atom is 0.254 e. The van der Waals surface area contributed by atoms with Crippen LogP contribution in [-0.4, -0.2) is 38.6 Å². The van der Waals surface area contributed by atoms with Gasteiger partial charge < -0.3 is 9.64 Å². The fraction of sp³-hybridized carbons (Fsp3) is 0.381. The van der Waals surface area contributed by atoms with Crippen molar-refractivity contribution in [1.29, 1.82) is 0 Å². The fourth-order valence-corrected chi connectivity index (χ4v) is 4.55. The molecule has 0 bridgehead atoms. The number of methoxy groups -OCH3 is 1. The Morgan fingerprint density at radius 2 is 1.86 bits per heavy atom. The third-order valence-electron chi connectivity index (χ3n) is 5.15. The minimum Gasteiger partial charge on any atom is -0.497 e. The number of nitrogens with zero attached hydrogens (tertiary/aromatic N) is 1. The number of carbonyl (C=O) groups excluding carboxylic acids is 1. The largest absolute Gasteiger partial charge is 0.497 e. The number of ether oxygens (including phenoxy) is 1. The Labute approximate surface area is 171 Å². The van der Waals surface area contributed by atoms with Gasteiger partial charge in [-0.15, -0.1) is 0 Å². The van der Waals surface area contributed by atoms with Crippen LogP contribution in [0.15, 0.2) is 47.4 Å². The maximum atomic E-state index is 13.3. The van der Waals surface area contributed by atoms with Crippen molar-refractivity contribution in [2.75, 3.05) is 13.4 Å². The van der Waals surface area contributed by atoms with Gasteiger partial charge in [-0.3, -0.25) is 4.79 Å². The van der Waals surface area contributed by atoms with E-state index < -0.39 is 9.84 Å². The zero-order valence-electron chi connectivity index (χ0n) is 16.2. The summed E-state index contributed by atoms with van der Waals surface area (Å²) in [7, 11) is -1.91. The molecule has 0 aromatic heterocycles. The summed E-state index contributed by atoms with van der Waals surface area (Å²) in [6, 6.07) is 12.1. The van der Waals surface area contributed by atoms with Crippen molar-refractivity contribution in [1.82, 2.24) is 4.90 Å². The molecule has 0 heterocycles. The molecule has 1 fully saturated rings. The number of sulfone groups is 1. The quantitative estimate of drug-likeness (QED) is 0.672. The van der Waals surface area contributed by atoms with Gasteiger partial charge in [0, 0.05) is 24.4 Å². The molecule has 3 rings (SSSR count). The van der Waals surface area contributed by atoms with E-state index in [4.69, 9.17) is 16.3 Å². The van der Waals surface area contributed by atoms with E-state index in [0.29, 0.717) is 18.0 Å². The molecule has 28 heavy (non-hydrogen) atoms. The summed E-state index contributed by atoms with van der Waals surface area (Å²) in [6.45, 7) is 2.49. The first-order valence-electron chi connectivity index (χ1n) is 9.14. The monoisotopic (exact) mass is 421 g/mol. The molecule has 1 unspecified atom stereocenters. The highest BCUT2D eigenvalue weighted by molar-refractivity contribution is 7.90. The van der Waals surface area contributed by atoms with Gasteiger partial charge in [0.25, 0.3) is 5.91 Å². The van der Waals surface area contributed by atoms with Crippen LogP contribution in [0.2, 0.25) is 5.02 Å². The average molecular weight is 422 g/mol. The van der Waals surface area contributed by atoms with Gasteiger partial charge in [-0.2, -0.15) is 0 Å². The summed E-state index contributed by atoms with van der Waals surface area (Å²) in [6.07, 6.45) is 3.29. The Hall–Kier alpha value is -2.05. The second kappa shape index (κ2) is 8.13. The predicted molar refractivity (Wildman–Crippen MR) is 110 cm³/mol. The molecule has 0 aliphatic heterocycles. The molecular formula is C21H24ClNO4S. The molecule has 150 valence electrons. The van der Waals surface area contributed by atoms with E-state index in [1.165, 1.54) is 12.1 Å². The molecule has 1 atom stereocenters. The molecule has 1 amide bonds. The van der Waals surface area contributed by atoms with Gasteiger partial charge in [0.15, 0.2) is 9.84 Å². The molecule has 2 aromatic rings. The molecule has 1 aliphatic carbocycles. The van der Waals surface area contributed by atoms with Gasteiger partial charge in [0.1, 0.15) is 5.75 Å². The highest BCUT2D eigenvalue weighted by atomic mass is 35.5. The Kier molecular flexibility index (Phi) is 6.01. The summed E-state index contributed by atoms with van der Waals surface area (Å²) in [4.78, 5) is 15.1. The minimum absolute atomic E-state index is 0.0245. The first-order chi connectivity index (χ1) is 13.2. The maximum absolute atomic E-state index is 13.3. The van der Waals surface area contributed by atoms with Crippen molar-refractivity contribution in [2.45, 2.75) is 37.2 Å². The van der Waals surface area contributed by atoms with E-state index >= 15 is 0 Å². The van der Waals surface area contributed by atoms with Crippen LogP contribution in [0.3, 0.4) is 0 Å². The van der Waals surface area contributed by atoms with Crippen LogP contribution in [0.5, 0.6) is 5.75 Å². The van der Waals surface area contributed by atoms with Gasteiger partial charge in [0.2, 0.25) is 0 Å². The first kappa shape index (κ1) is 20.7. The molecule has 0 saturated heterocycles. The predicted octanol–water partition coefficient (Wildman–Crippen LogP) is 4.19. The first-order valence-corrected chi connectivity index (χ1v) is 11.4. The Bertz CT molecular complexity index is 968.